The van der Waals surface area contributed by atoms with Crippen molar-refractivity contribution in [2.75, 3.05) is 21.3 Å². The van der Waals surface area contributed by atoms with Crippen LogP contribution in [0.2, 0.25) is 0 Å². The van der Waals surface area contributed by atoms with E-state index in [9.17, 15) is 4.79 Å². The van der Waals surface area contributed by atoms with Crippen LogP contribution in [0.3, 0.4) is 0 Å². The summed E-state index contributed by atoms with van der Waals surface area (Å²) in [4.78, 5) is 14.5. The molecule has 0 aliphatic rings. The lowest BCUT2D eigenvalue weighted by molar-refractivity contribution is 0.104. The number of carbonyl (C=O) groups excluding carboxylic acids is 1. The number of ether oxygens (including phenoxy) is 3. The Balaban J connectivity index is 2.36. The molecule has 1 aromatic heterocycles. The topological polar surface area (TPSA) is 44.8 Å². The zero-order valence-electron chi connectivity index (χ0n) is 13.9. The molecule has 2 aromatic rings. The highest BCUT2D eigenvalue weighted by Gasteiger charge is 2.15. The third-order valence-electron chi connectivity index (χ3n) is 3.46. The summed E-state index contributed by atoms with van der Waals surface area (Å²) in [6.07, 6.45) is 3.29. The maximum Gasteiger partial charge on any atom is 0.203 e. The fraction of sp³-hybridized carbons (Fsp3) is 0.278. The van der Waals surface area contributed by atoms with Crippen molar-refractivity contribution in [1.29, 1.82) is 0 Å². The molecule has 0 atom stereocenters. The highest BCUT2D eigenvalue weighted by molar-refractivity contribution is 7.12. The van der Waals surface area contributed by atoms with Gasteiger partial charge >= 0.3 is 0 Å². The molecule has 0 spiro atoms. The fourth-order valence-electron chi connectivity index (χ4n) is 2.39. The predicted octanol–water partition coefficient (Wildman–Crippen LogP) is 4.29. The van der Waals surface area contributed by atoms with Gasteiger partial charge in [-0.05, 0) is 44.2 Å². The summed E-state index contributed by atoms with van der Waals surface area (Å²) in [5, 5.41) is 0. The van der Waals surface area contributed by atoms with Crippen LogP contribution in [-0.4, -0.2) is 27.1 Å². The molecule has 23 heavy (non-hydrogen) atoms. The van der Waals surface area contributed by atoms with E-state index in [0.29, 0.717) is 17.2 Å². The normalized spacial score (nSPS) is 10.8. The van der Waals surface area contributed by atoms with Crippen LogP contribution in [-0.2, 0) is 0 Å². The van der Waals surface area contributed by atoms with Crippen LogP contribution >= 0.6 is 11.3 Å². The average molecular weight is 332 g/mol. The van der Waals surface area contributed by atoms with Crippen molar-refractivity contribution < 1.29 is 19.0 Å². The number of allylic oxidation sites excluding steroid dienone is 1. The minimum atomic E-state index is -0.0244. The number of methoxy groups -OCH3 is 3. The lowest BCUT2D eigenvalue weighted by Gasteiger charge is -2.13. The first kappa shape index (κ1) is 17.1. The number of carbonyl (C=O) groups is 1. The second-order valence-corrected chi connectivity index (χ2v) is 6.41. The number of ketones is 1. The summed E-state index contributed by atoms with van der Waals surface area (Å²) in [6, 6.07) is 5.53. The van der Waals surface area contributed by atoms with E-state index in [-0.39, 0.29) is 5.78 Å². The Morgan fingerprint density at radius 3 is 2.26 bits per heavy atom. The quantitative estimate of drug-likeness (QED) is 0.585. The van der Waals surface area contributed by atoms with Gasteiger partial charge < -0.3 is 14.2 Å². The van der Waals surface area contributed by atoms with Crippen molar-refractivity contribution in [3.8, 4) is 17.2 Å². The van der Waals surface area contributed by atoms with E-state index in [4.69, 9.17) is 14.2 Å². The standard InChI is InChI=1S/C18H20O4S/c1-11-10-14(12(2)23-11)15(19)8-6-13-7-9-16(20-3)18(22-5)17(13)21-4/h6-10H,1-5H3/b8-6+. The maximum atomic E-state index is 12.4. The van der Waals surface area contributed by atoms with Crippen molar-refractivity contribution in [2.45, 2.75) is 13.8 Å². The number of thiophene rings is 1. The SMILES string of the molecule is COc1ccc(/C=C/C(=O)c2cc(C)sc2C)c(OC)c1OC. The van der Waals surface area contributed by atoms with Crippen LogP contribution in [0.1, 0.15) is 25.7 Å². The zero-order chi connectivity index (χ0) is 17.0. The first-order chi connectivity index (χ1) is 11.0. The summed E-state index contributed by atoms with van der Waals surface area (Å²) < 4.78 is 16.0. The molecule has 0 aliphatic heterocycles. The number of hydrogen-bond acceptors (Lipinski definition) is 5. The molecule has 5 heteroatoms. The number of aryl methyl sites for hydroxylation is 2. The molecule has 0 radical (unpaired) electrons. The Morgan fingerprint density at radius 1 is 1.04 bits per heavy atom. The molecule has 0 aliphatic carbocycles. The van der Waals surface area contributed by atoms with E-state index in [1.807, 2.05) is 26.0 Å². The van der Waals surface area contributed by atoms with E-state index >= 15 is 0 Å². The van der Waals surface area contributed by atoms with Gasteiger partial charge in [-0.2, -0.15) is 0 Å². The van der Waals surface area contributed by atoms with Gasteiger partial charge in [-0.1, -0.05) is 0 Å². The van der Waals surface area contributed by atoms with Crippen LogP contribution in [0.25, 0.3) is 6.08 Å². The third kappa shape index (κ3) is 3.56. The van der Waals surface area contributed by atoms with Crippen LogP contribution < -0.4 is 14.2 Å². The van der Waals surface area contributed by atoms with Gasteiger partial charge in [-0.15, -0.1) is 11.3 Å². The van der Waals surface area contributed by atoms with E-state index in [1.54, 1.807) is 50.9 Å². The van der Waals surface area contributed by atoms with Crippen LogP contribution in [0.5, 0.6) is 17.2 Å². The van der Waals surface area contributed by atoms with Gasteiger partial charge in [0.15, 0.2) is 17.3 Å². The first-order valence-corrected chi connectivity index (χ1v) is 7.91. The van der Waals surface area contributed by atoms with Crippen molar-refractivity contribution in [2.24, 2.45) is 0 Å². The molecule has 0 saturated heterocycles. The Kier molecular flexibility index (Phi) is 5.45. The Bertz CT molecular complexity index is 744. The third-order valence-corrected chi connectivity index (χ3v) is 4.42. The molecule has 1 heterocycles. The summed E-state index contributed by atoms with van der Waals surface area (Å²) in [7, 11) is 4.68. The van der Waals surface area contributed by atoms with Crippen LogP contribution in [0, 0.1) is 13.8 Å². The lowest BCUT2D eigenvalue weighted by Crippen LogP contribution is -1.97. The number of benzene rings is 1. The summed E-state index contributed by atoms with van der Waals surface area (Å²) in [5.41, 5.74) is 1.49. The smallest absolute Gasteiger partial charge is 0.203 e. The molecule has 0 saturated carbocycles. The molecule has 4 nitrogen and oxygen atoms in total. The van der Waals surface area contributed by atoms with Gasteiger partial charge in [0.2, 0.25) is 5.75 Å². The highest BCUT2D eigenvalue weighted by Crippen LogP contribution is 2.40. The molecular weight excluding hydrogens is 312 g/mol. The molecule has 2 rings (SSSR count). The van der Waals surface area contributed by atoms with Crippen LogP contribution in [0.4, 0.5) is 0 Å². The van der Waals surface area contributed by atoms with E-state index in [1.165, 1.54) is 0 Å². The summed E-state index contributed by atoms with van der Waals surface area (Å²) in [6.45, 7) is 3.95. The van der Waals surface area contributed by atoms with Gasteiger partial charge in [0.1, 0.15) is 0 Å². The zero-order valence-corrected chi connectivity index (χ0v) is 14.7. The van der Waals surface area contributed by atoms with Gasteiger partial charge in [-0.25, -0.2) is 0 Å². The van der Waals surface area contributed by atoms with Crippen molar-refractivity contribution in [3.63, 3.8) is 0 Å². The Morgan fingerprint density at radius 2 is 1.74 bits per heavy atom. The monoisotopic (exact) mass is 332 g/mol. The number of rotatable bonds is 6. The van der Waals surface area contributed by atoms with E-state index < -0.39 is 0 Å². The minimum Gasteiger partial charge on any atom is -0.493 e. The summed E-state index contributed by atoms with van der Waals surface area (Å²) >= 11 is 1.62. The first-order valence-electron chi connectivity index (χ1n) is 7.10. The molecule has 0 N–H and O–H groups in total. The molecule has 0 fully saturated rings. The molecular formula is C18H20O4S. The maximum absolute atomic E-state index is 12.4. The Hall–Kier alpha value is -2.27. The average Bonchev–Trinajstić information content (AvgIpc) is 2.89. The van der Waals surface area contributed by atoms with Crippen molar-refractivity contribution in [1.82, 2.24) is 0 Å². The Labute approximate surface area is 140 Å². The van der Waals surface area contributed by atoms with Gasteiger partial charge in [-0.3, -0.25) is 4.79 Å². The van der Waals surface area contributed by atoms with Gasteiger partial charge in [0.05, 0.1) is 21.3 Å². The summed E-state index contributed by atoms with van der Waals surface area (Å²) in [5.74, 6) is 1.60. The van der Waals surface area contributed by atoms with E-state index in [0.717, 1.165) is 20.9 Å². The largest absolute Gasteiger partial charge is 0.493 e. The fourth-order valence-corrected chi connectivity index (χ4v) is 3.32. The molecule has 0 amide bonds. The molecule has 122 valence electrons. The van der Waals surface area contributed by atoms with Crippen LogP contribution in [0.15, 0.2) is 24.3 Å². The second-order valence-electron chi connectivity index (χ2n) is 4.95. The van der Waals surface area contributed by atoms with E-state index in [2.05, 4.69) is 0 Å². The lowest BCUT2D eigenvalue weighted by atomic mass is 10.1. The highest BCUT2D eigenvalue weighted by atomic mass is 32.1. The molecule has 1 aromatic carbocycles. The predicted molar refractivity (Wildman–Crippen MR) is 93.3 cm³/mol. The molecule has 0 bridgehead atoms. The minimum absolute atomic E-state index is 0.0244. The molecule has 0 unspecified atom stereocenters. The number of hydrogen-bond donors (Lipinski definition) is 0. The van der Waals surface area contributed by atoms with Crippen molar-refractivity contribution >= 4 is 23.2 Å². The van der Waals surface area contributed by atoms with Gasteiger partial charge in [0.25, 0.3) is 0 Å². The van der Waals surface area contributed by atoms with Gasteiger partial charge in [0, 0.05) is 20.9 Å². The van der Waals surface area contributed by atoms with Crippen molar-refractivity contribution in [3.05, 3.63) is 45.2 Å². The second kappa shape index (κ2) is 7.33.